The van der Waals surface area contributed by atoms with Crippen LogP contribution < -0.4 is 5.32 Å². The van der Waals surface area contributed by atoms with Crippen molar-refractivity contribution in [1.29, 1.82) is 0 Å². The summed E-state index contributed by atoms with van der Waals surface area (Å²) >= 11 is 0. The molecule has 0 aliphatic heterocycles. The van der Waals surface area contributed by atoms with E-state index < -0.39 is 6.03 Å². The second kappa shape index (κ2) is 17.5. The molecule has 0 heterocycles. The normalized spacial score (nSPS) is 10.5. The Balaban J connectivity index is 3.40. The fourth-order valence-corrected chi connectivity index (χ4v) is 2.63. The van der Waals surface area contributed by atoms with E-state index in [9.17, 15) is 14.8 Å². The predicted octanol–water partition coefficient (Wildman–Crippen LogP) is 4.65. The average molecular weight is 359 g/mol. The molecule has 0 saturated heterocycles. The van der Waals surface area contributed by atoms with Crippen LogP contribution in [0.2, 0.25) is 0 Å². The van der Waals surface area contributed by atoms with Crippen LogP contribution >= 0.6 is 0 Å². The van der Waals surface area contributed by atoms with Crippen molar-refractivity contribution in [1.82, 2.24) is 10.4 Å². The van der Waals surface area contributed by atoms with Gasteiger partial charge in [0.05, 0.1) is 13.7 Å². The zero-order valence-corrected chi connectivity index (χ0v) is 16.2. The largest absolute Gasteiger partial charge is 0.469 e. The summed E-state index contributed by atoms with van der Waals surface area (Å²) in [7, 11) is 1.39. The molecule has 0 unspecified atom stereocenters. The number of amides is 2. The molecule has 148 valence electrons. The molecule has 0 rings (SSSR count). The van der Waals surface area contributed by atoms with Gasteiger partial charge in [0.15, 0.2) is 0 Å². The Bertz CT molecular complexity index is 337. The smallest absolute Gasteiger partial charge is 0.341 e. The molecule has 0 aromatic heterocycles. The summed E-state index contributed by atoms with van der Waals surface area (Å²) in [4.78, 5) is 22.6. The van der Waals surface area contributed by atoms with Crippen LogP contribution in [-0.2, 0) is 9.53 Å². The first-order valence-corrected chi connectivity index (χ1v) is 9.92. The Hall–Kier alpha value is -1.30. The van der Waals surface area contributed by atoms with Crippen LogP contribution in [0.5, 0.6) is 0 Å². The minimum atomic E-state index is -0.419. The second-order valence-electron chi connectivity index (χ2n) is 6.57. The van der Waals surface area contributed by atoms with E-state index in [0.29, 0.717) is 19.5 Å². The lowest BCUT2D eigenvalue weighted by Gasteiger charge is -2.15. The van der Waals surface area contributed by atoms with Gasteiger partial charge in [0.25, 0.3) is 0 Å². The van der Waals surface area contributed by atoms with Crippen molar-refractivity contribution in [3.8, 4) is 0 Å². The summed E-state index contributed by atoms with van der Waals surface area (Å²) in [6.07, 6.45) is 13.5. The number of carbonyl (C=O) groups excluding carboxylic acids is 2. The molecule has 6 heteroatoms. The number of esters is 1. The molecule has 0 aliphatic carbocycles. The Morgan fingerprint density at radius 2 is 1.44 bits per heavy atom. The summed E-state index contributed by atoms with van der Waals surface area (Å²) in [5.41, 5.74) is 0. The van der Waals surface area contributed by atoms with E-state index in [2.05, 4.69) is 17.0 Å². The zero-order chi connectivity index (χ0) is 18.8. The lowest BCUT2D eigenvalue weighted by molar-refractivity contribution is -0.140. The number of hydrogen-bond acceptors (Lipinski definition) is 4. The molecule has 0 spiro atoms. The Morgan fingerprint density at radius 1 is 0.880 bits per heavy atom. The third-order valence-electron chi connectivity index (χ3n) is 4.27. The highest BCUT2D eigenvalue weighted by molar-refractivity contribution is 5.72. The predicted molar refractivity (Wildman–Crippen MR) is 99.6 cm³/mol. The number of rotatable bonds is 16. The Morgan fingerprint density at radius 3 is 2.08 bits per heavy atom. The van der Waals surface area contributed by atoms with E-state index in [1.807, 2.05) is 0 Å². The minimum Gasteiger partial charge on any atom is -0.469 e. The number of urea groups is 1. The van der Waals surface area contributed by atoms with E-state index in [1.165, 1.54) is 45.6 Å². The molecule has 6 nitrogen and oxygen atoms in total. The van der Waals surface area contributed by atoms with Crippen molar-refractivity contribution >= 4 is 12.0 Å². The monoisotopic (exact) mass is 358 g/mol. The van der Waals surface area contributed by atoms with E-state index in [-0.39, 0.29) is 5.97 Å². The molecule has 0 fully saturated rings. The van der Waals surface area contributed by atoms with E-state index in [1.54, 1.807) is 0 Å². The van der Waals surface area contributed by atoms with Crippen LogP contribution in [-0.4, -0.2) is 42.5 Å². The van der Waals surface area contributed by atoms with Crippen molar-refractivity contribution < 1.29 is 19.5 Å². The molecule has 0 aliphatic rings. The van der Waals surface area contributed by atoms with Crippen LogP contribution in [0.1, 0.15) is 90.4 Å². The topological polar surface area (TPSA) is 78.9 Å². The van der Waals surface area contributed by atoms with Crippen molar-refractivity contribution in [2.45, 2.75) is 90.4 Å². The fourth-order valence-electron chi connectivity index (χ4n) is 2.63. The van der Waals surface area contributed by atoms with Gasteiger partial charge in [-0.2, -0.15) is 0 Å². The molecule has 0 radical (unpaired) electrons. The molecule has 25 heavy (non-hydrogen) atoms. The van der Waals surface area contributed by atoms with Gasteiger partial charge in [-0.05, 0) is 19.3 Å². The minimum absolute atomic E-state index is 0.176. The summed E-state index contributed by atoms with van der Waals surface area (Å²) in [6.45, 7) is 3.15. The number of unbranched alkanes of at least 4 members (excludes halogenated alkanes) is 10. The maximum atomic E-state index is 11.7. The maximum absolute atomic E-state index is 11.7. The quantitative estimate of drug-likeness (QED) is 0.182. The first-order chi connectivity index (χ1) is 12.1. The summed E-state index contributed by atoms with van der Waals surface area (Å²) in [5, 5.41) is 13.2. The number of nitrogens with zero attached hydrogens (tertiary/aromatic N) is 1. The molecular weight excluding hydrogens is 320 g/mol. The first-order valence-electron chi connectivity index (χ1n) is 9.92. The number of nitrogens with one attached hydrogen (secondary N) is 1. The van der Waals surface area contributed by atoms with Gasteiger partial charge in [-0.15, -0.1) is 0 Å². The standard InChI is InChI=1S/C19H38N2O4/c1-3-4-5-6-7-8-11-14-17-21(24)19(23)20-16-13-10-9-12-15-18(22)25-2/h24H,3-17H2,1-2H3,(H,20,23). The van der Waals surface area contributed by atoms with Gasteiger partial charge in [-0.1, -0.05) is 64.7 Å². The molecule has 0 atom stereocenters. The van der Waals surface area contributed by atoms with E-state index in [0.717, 1.165) is 43.6 Å². The summed E-state index contributed by atoms with van der Waals surface area (Å²) in [5.74, 6) is -0.176. The van der Waals surface area contributed by atoms with Gasteiger partial charge in [0.1, 0.15) is 0 Å². The van der Waals surface area contributed by atoms with Crippen molar-refractivity contribution in [2.75, 3.05) is 20.2 Å². The molecule has 0 aromatic carbocycles. The molecule has 0 aromatic rings. The summed E-state index contributed by atoms with van der Waals surface area (Å²) < 4.78 is 4.58. The second-order valence-corrected chi connectivity index (χ2v) is 6.57. The van der Waals surface area contributed by atoms with Gasteiger partial charge in [-0.3, -0.25) is 10.0 Å². The average Bonchev–Trinajstić information content (AvgIpc) is 2.62. The molecule has 0 bridgehead atoms. The van der Waals surface area contributed by atoms with E-state index >= 15 is 0 Å². The van der Waals surface area contributed by atoms with Gasteiger partial charge in [0.2, 0.25) is 0 Å². The number of carbonyl (C=O) groups is 2. The van der Waals surface area contributed by atoms with Gasteiger partial charge >= 0.3 is 12.0 Å². The SMILES string of the molecule is CCCCCCCCCCN(O)C(=O)NCCCCCCC(=O)OC. The number of ether oxygens (including phenoxy) is 1. The molecular formula is C19H38N2O4. The highest BCUT2D eigenvalue weighted by Crippen LogP contribution is 2.08. The molecule has 0 saturated carbocycles. The van der Waals surface area contributed by atoms with Crippen LogP contribution in [0.25, 0.3) is 0 Å². The van der Waals surface area contributed by atoms with E-state index in [4.69, 9.17) is 0 Å². The first kappa shape index (κ1) is 23.7. The number of methoxy groups -OCH3 is 1. The lowest BCUT2D eigenvalue weighted by Crippen LogP contribution is -2.38. The maximum Gasteiger partial charge on any atom is 0.341 e. The summed E-state index contributed by atoms with van der Waals surface area (Å²) in [6, 6.07) is -0.419. The Kier molecular flexibility index (Phi) is 16.6. The third kappa shape index (κ3) is 15.9. The number of hydrogen-bond donors (Lipinski definition) is 2. The van der Waals surface area contributed by atoms with Gasteiger partial charge < -0.3 is 10.1 Å². The fraction of sp³-hybridized carbons (Fsp3) is 0.895. The van der Waals surface area contributed by atoms with Crippen molar-refractivity contribution in [3.05, 3.63) is 0 Å². The van der Waals surface area contributed by atoms with Gasteiger partial charge in [0, 0.05) is 13.0 Å². The van der Waals surface area contributed by atoms with Crippen molar-refractivity contribution in [2.24, 2.45) is 0 Å². The van der Waals surface area contributed by atoms with Crippen LogP contribution in [0.15, 0.2) is 0 Å². The molecule has 2 amide bonds. The third-order valence-corrected chi connectivity index (χ3v) is 4.27. The van der Waals surface area contributed by atoms with Gasteiger partial charge in [-0.25, -0.2) is 9.86 Å². The Labute approximate surface area is 153 Å². The van der Waals surface area contributed by atoms with Crippen LogP contribution in [0.4, 0.5) is 4.79 Å². The lowest BCUT2D eigenvalue weighted by atomic mass is 10.1. The highest BCUT2D eigenvalue weighted by atomic mass is 16.5. The van der Waals surface area contributed by atoms with Crippen LogP contribution in [0, 0.1) is 0 Å². The highest BCUT2D eigenvalue weighted by Gasteiger charge is 2.09. The van der Waals surface area contributed by atoms with Crippen molar-refractivity contribution in [3.63, 3.8) is 0 Å². The molecule has 2 N–H and O–H groups in total. The zero-order valence-electron chi connectivity index (χ0n) is 16.2. The van der Waals surface area contributed by atoms with Crippen LogP contribution in [0.3, 0.4) is 0 Å². The number of hydroxylamine groups is 2.